The van der Waals surface area contributed by atoms with E-state index in [-0.39, 0.29) is 13.2 Å². The molecule has 0 atom stereocenters. The first-order valence-electron chi connectivity index (χ1n) is 7.12. The van der Waals surface area contributed by atoms with Gasteiger partial charge < -0.3 is 9.47 Å². The summed E-state index contributed by atoms with van der Waals surface area (Å²) in [4.78, 5) is 37.4. The van der Waals surface area contributed by atoms with Gasteiger partial charge in [-0.05, 0) is 38.5 Å². The molecular formula is C16H21NO5. The molecule has 1 aromatic carbocycles. The van der Waals surface area contributed by atoms with E-state index in [0.29, 0.717) is 5.69 Å². The van der Waals surface area contributed by atoms with Gasteiger partial charge in [0.15, 0.2) is 0 Å². The Hall–Kier alpha value is -2.37. The van der Waals surface area contributed by atoms with Crippen LogP contribution in [0.5, 0.6) is 0 Å². The number of ether oxygens (including phenoxy) is 2. The van der Waals surface area contributed by atoms with Crippen LogP contribution < -0.4 is 4.90 Å². The topological polar surface area (TPSA) is 72.9 Å². The van der Waals surface area contributed by atoms with E-state index in [2.05, 4.69) is 0 Å². The molecule has 6 heteroatoms. The van der Waals surface area contributed by atoms with E-state index in [4.69, 9.17) is 9.47 Å². The molecule has 1 rings (SSSR count). The summed E-state index contributed by atoms with van der Waals surface area (Å²) in [5.74, 6) is -2.06. The highest BCUT2D eigenvalue weighted by atomic mass is 16.6. The maximum Gasteiger partial charge on any atom is 0.341 e. The lowest BCUT2D eigenvalue weighted by atomic mass is 10.1. The van der Waals surface area contributed by atoms with Crippen molar-refractivity contribution >= 4 is 23.5 Å². The molecule has 0 heterocycles. The molecule has 0 aliphatic rings. The number of nitrogens with zero attached hydrogens (tertiary/aromatic N) is 1. The van der Waals surface area contributed by atoms with Crippen LogP contribution in [-0.2, 0) is 23.9 Å². The summed E-state index contributed by atoms with van der Waals surface area (Å²) in [5.41, 5.74) is 1.34. The maximum atomic E-state index is 12.1. The highest BCUT2D eigenvalue weighted by molar-refractivity contribution is 6.10. The Morgan fingerprint density at radius 2 is 1.64 bits per heavy atom. The summed E-state index contributed by atoms with van der Waals surface area (Å²) in [5, 5.41) is 0. The Morgan fingerprint density at radius 1 is 1.09 bits per heavy atom. The predicted octanol–water partition coefficient (Wildman–Crippen LogP) is 1.84. The van der Waals surface area contributed by atoms with E-state index in [0.717, 1.165) is 10.5 Å². The van der Waals surface area contributed by atoms with Crippen molar-refractivity contribution in [3.05, 3.63) is 29.8 Å². The lowest BCUT2D eigenvalue weighted by molar-refractivity contribution is -0.157. The SMILES string of the molecule is CCOC(=O)C(C(=O)OCC)N(C(C)=O)c1cccc(C)c1. The normalized spacial score (nSPS) is 10.2. The second kappa shape index (κ2) is 8.17. The molecule has 0 aromatic heterocycles. The Labute approximate surface area is 130 Å². The van der Waals surface area contributed by atoms with Gasteiger partial charge in [0.1, 0.15) is 0 Å². The molecule has 0 saturated heterocycles. The molecule has 1 amide bonds. The van der Waals surface area contributed by atoms with Gasteiger partial charge in [-0.1, -0.05) is 12.1 Å². The van der Waals surface area contributed by atoms with Crippen molar-refractivity contribution < 1.29 is 23.9 Å². The summed E-state index contributed by atoms with van der Waals surface area (Å²) >= 11 is 0. The molecule has 22 heavy (non-hydrogen) atoms. The predicted molar refractivity (Wildman–Crippen MR) is 81.4 cm³/mol. The van der Waals surface area contributed by atoms with Crippen LogP contribution in [0.2, 0.25) is 0 Å². The van der Waals surface area contributed by atoms with E-state index in [9.17, 15) is 14.4 Å². The van der Waals surface area contributed by atoms with Crippen molar-refractivity contribution in [3.63, 3.8) is 0 Å². The molecule has 0 bridgehead atoms. The van der Waals surface area contributed by atoms with Crippen LogP contribution in [0.1, 0.15) is 26.3 Å². The Bertz CT molecular complexity index is 537. The molecular weight excluding hydrogens is 286 g/mol. The molecule has 1 aromatic rings. The number of anilines is 1. The minimum absolute atomic E-state index is 0.105. The van der Waals surface area contributed by atoms with E-state index in [1.807, 2.05) is 13.0 Å². The third kappa shape index (κ3) is 4.31. The van der Waals surface area contributed by atoms with Crippen LogP contribution in [0.15, 0.2) is 24.3 Å². The van der Waals surface area contributed by atoms with Gasteiger partial charge >= 0.3 is 11.9 Å². The first kappa shape index (κ1) is 17.7. The molecule has 0 saturated carbocycles. The zero-order chi connectivity index (χ0) is 16.7. The van der Waals surface area contributed by atoms with E-state index < -0.39 is 23.9 Å². The van der Waals surface area contributed by atoms with Gasteiger partial charge in [0.05, 0.1) is 13.2 Å². The van der Waals surface area contributed by atoms with Gasteiger partial charge in [-0.3, -0.25) is 9.69 Å². The van der Waals surface area contributed by atoms with Crippen molar-refractivity contribution in [1.29, 1.82) is 0 Å². The van der Waals surface area contributed by atoms with Gasteiger partial charge in [0.25, 0.3) is 0 Å². The Morgan fingerprint density at radius 3 is 2.05 bits per heavy atom. The van der Waals surface area contributed by atoms with Crippen molar-refractivity contribution in [2.24, 2.45) is 0 Å². The number of hydrogen-bond acceptors (Lipinski definition) is 5. The van der Waals surface area contributed by atoms with Crippen LogP contribution in [0, 0.1) is 6.92 Å². The molecule has 0 unspecified atom stereocenters. The molecule has 0 fully saturated rings. The van der Waals surface area contributed by atoms with Crippen molar-refractivity contribution in [2.75, 3.05) is 18.1 Å². The molecule has 0 aliphatic carbocycles. The Balaban J connectivity index is 3.28. The van der Waals surface area contributed by atoms with E-state index in [1.165, 1.54) is 6.92 Å². The zero-order valence-corrected chi connectivity index (χ0v) is 13.3. The monoisotopic (exact) mass is 307 g/mol. The summed E-state index contributed by atoms with van der Waals surface area (Å²) in [6.45, 7) is 6.61. The third-order valence-corrected chi connectivity index (χ3v) is 2.90. The first-order valence-corrected chi connectivity index (χ1v) is 7.12. The second-order valence-corrected chi connectivity index (χ2v) is 4.63. The fourth-order valence-electron chi connectivity index (χ4n) is 2.04. The largest absolute Gasteiger partial charge is 0.464 e. The molecule has 6 nitrogen and oxygen atoms in total. The minimum Gasteiger partial charge on any atom is -0.464 e. The van der Waals surface area contributed by atoms with E-state index >= 15 is 0 Å². The third-order valence-electron chi connectivity index (χ3n) is 2.90. The first-order chi connectivity index (χ1) is 10.4. The zero-order valence-electron chi connectivity index (χ0n) is 13.3. The summed E-state index contributed by atoms with van der Waals surface area (Å²) in [6, 6.07) is 5.52. The van der Waals surface area contributed by atoms with Crippen molar-refractivity contribution in [2.45, 2.75) is 33.7 Å². The maximum absolute atomic E-state index is 12.1. The fourth-order valence-corrected chi connectivity index (χ4v) is 2.04. The van der Waals surface area contributed by atoms with Crippen LogP contribution in [0.4, 0.5) is 5.69 Å². The lowest BCUT2D eigenvalue weighted by Crippen LogP contribution is -2.51. The number of carbonyl (C=O) groups is 3. The number of carbonyl (C=O) groups excluding carboxylic acids is 3. The summed E-state index contributed by atoms with van der Waals surface area (Å²) in [6.07, 6.45) is 0. The highest BCUT2D eigenvalue weighted by Gasteiger charge is 2.38. The quantitative estimate of drug-likeness (QED) is 0.592. The van der Waals surface area contributed by atoms with Gasteiger partial charge in [-0.15, -0.1) is 0 Å². The number of hydrogen-bond donors (Lipinski definition) is 0. The molecule has 0 aliphatic heterocycles. The van der Waals surface area contributed by atoms with Crippen LogP contribution in [-0.4, -0.2) is 37.1 Å². The molecule has 0 spiro atoms. The fraction of sp³-hybridized carbons (Fsp3) is 0.438. The molecule has 0 N–H and O–H groups in total. The Kier molecular flexibility index (Phi) is 6.56. The van der Waals surface area contributed by atoms with E-state index in [1.54, 1.807) is 32.0 Å². The highest BCUT2D eigenvalue weighted by Crippen LogP contribution is 2.20. The number of amides is 1. The van der Waals surface area contributed by atoms with Gasteiger partial charge in [0, 0.05) is 12.6 Å². The average Bonchev–Trinajstić information content (AvgIpc) is 2.44. The molecule has 0 radical (unpaired) electrons. The van der Waals surface area contributed by atoms with Crippen LogP contribution >= 0.6 is 0 Å². The summed E-state index contributed by atoms with van der Waals surface area (Å²) in [7, 11) is 0. The number of aryl methyl sites for hydroxylation is 1. The number of benzene rings is 1. The second-order valence-electron chi connectivity index (χ2n) is 4.63. The number of esters is 2. The van der Waals surface area contributed by atoms with Crippen molar-refractivity contribution in [1.82, 2.24) is 0 Å². The van der Waals surface area contributed by atoms with Gasteiger partial charge in [0.2, 0.25) is 11.9 Å². The standard InChI is InChI=1S/C16H21NO5/c1-5-21-15(19)14(16(20)22-6-2)17(12(4)18)13-9-7-8-11(3)10-13/h7-10,14H,5-6H2,1-4H3. The van der Waals surface area contributed by atoms with Crippen LogP contribution in [0.25, 0.3) is 0 Å². The number of rotatable bonds is 6. The smallest absolute Gasteiger partial charge is 0.341 e. The van der Waals surface area contributed by atoms with Crippen molar-refractivity contribution in [3.8, 4) is 0 Å². The van der Waals surface area contributed by atoms with Crippen LogP contribution in [0.3, 0.4) is 0 Å². The lowest BCUT2D eigenvalue weighted by Gasteiger charge is -2.28. The van der Waals surface area contributed by atoms with Gasteiger partial charge in [-0.2, -0.15) is 0 Å². The average molecular weight is 307 g/mol. The van der Waals surface area contributed by atoms with Gasteiger partial charge in [-0.25, -0.2) is 9.59 Å². The molecule has 120 valence electrons. The summed E-state index contributed by atoms with van der Waals surface area (Å²) < 4.78 is 9.84. The minimum atomic E-state index is -1.45.